The Balaban J connectivity index is 0. The van der Waals surface area contributed by atoms with Crippen LogP contribution in [0.5, 0.6) is 0 Å². The van der Waals surface area contributed by atoms with Crippen LogP contribution in [0.25, 0.3) is 0 Å². The molecule has 0 unspecified atom stereocenters. The van der Waals surface area contributed by atoms with Crippen LogP contribution >= 0.6 is 24.8 Å². The Morgan fingerprint density at radius 2 is 1.54 bits per heavy atom. The van der Waals surface area contributed by atoms with Gasteiger partial charge in [-0.3, -0.25) is 0 Å². The van der Waals surface area contributed by atoms with Gasteiger partial charge in [0, 0.05) is 13.1 Å². The molecule has 74 valence electrons. The average Bonchev–Trinajstić information content (AvgIpc) is 2.04. The van der Waals surface area contributed by atoms with E-state index in [0.717, 1.165) is 17.4 Å². The van der Waals surface area contributed by atoms with Crippen molar-refractivity contribution in [3.8, 4) is 0 Å². The van der Waals surface area contributed by atoms with Crippen molar-refractivity contribution in [3.05, 3.63) is 0 Å². The normalized spacial score (nSPS) is 9.15. The van der Waals surface area contributed by atoms with E-state index in [-0.39, 0.29) is 51.4 Å². The second kappa shape index (κ2) is 11.9. The number of thiol groups is 1. The van der Waals surface area contributed by atoms with Gasteiger partial charge in [0.1, 0.15) is 4.32 Å². The summed E-state index contributed by atoms with van der Waals surface area (Å²) in [5.41, 5.74) is 0. The molecule has 4 heteroatoms. The third-order valence-corrected chi connectivity index (χ3v) is 2.37. The Kier molecular flexibility index (Phi) is 15.9. The molecule has 0 aliphatic heterocycles. The molecule has 1 nitrogen and oxygen atoms in total. The van der Waals surface area contributed by atoms with E-state index in [4.69, 9.17) is 12.2 Å². The molecule has 0 fully saturated rings. The predicted molar refractivity (Wildman–Crippen MR) is 70.1 cm³/mol. The van der Waals surface area contributed by atoms with E-state index in [1.807, 2.05) is 0 Å². The zero-order chi connectivity index (χ0) is 9.40. The molecular formula is C9H20KNS2. The van der Waals surface area contributed by atoms with Crippen LogP contribution < -0.4 is 0 Å². The Hall–Kier alpha value is 1.88. The maximum absolute atomic E-state index is 5.03. The minimum atomic E-state index is 0. The number of unbranched alkanes of at least 4 members (excludes halogenated alkanes) is 2. The fraction of sp³-hybridized carbons (Fsp3) is 0.889. The van der Waals surface area contributed by atoms with E-state index in [2.05, 4.69) is 31.4 Å². The predicted octanol–water partition coefficient (Wildman–Crippen LogP) is 2.45. The van der Waals surface area contributed by atoms with E-state index < -0.39 is 0 Å². The van der Waals surface area contributed by atoms with Crippen molar-refractivity contribution < 1.29 is 0 Å². The van der Waals surface area contributed by atoms with Gasteiger partial charge in [-0.15, -0.1) is 12.6 Å². The van der Waals surface area contributed by atoms with Gasteiger partial charge in [-0.05, 0) is 12.8 Å². The molecule has 0 aliphatic rings. The molecule has 0 aliphatic carbocycles. The van der Waals surface area contributed by atoms with Crippen LogP contribution in [0, 0.1) is 0 Å². The first-order valence-corrected chi connectivity index (χ1v) is 5.55. The summed E-state index contributed by atoms with van der Waals surface area (Å²) in [6, 6.07) is 0. The molecule has 13 heavy (non-hydrogen) atoms. The van der Waals surface area contributed by atoms with Crippen LogP contribution in [0.1, 0.15) is 39.5 Å². The quantitative estimate of drug-likeness (QED) is 0.435. The Labute approximate surface area is 136 Å². The molecule has 0 atom stereocenters. The number of hydrogen-bond acceptors (Lipinski definition) is 1. The number of nitrogens with zero attached hydrogens (tertiary/aromatic N) is 1. The van der Waals surface area contributed by atoms with Crippen molar-refractivity contribution in [1.82, 2.24) is 4.90 Å². The van der Waals surface area contributed by atoms with Gasteiger partial charge in [0.05, 0.1) is 0 Å². The van der Waals surface area contributed by atoms with Crippen molar-refractivity contribution in [3.63, 3.8) is 0 Å². The summed E-state index contributed by atoms with van der Waals surface area (Å²) < 4.78 is 0.747. The first kappa shape index (κ1) is 17.3. The molecule has 0 aromatic carbocycles. The molecule has 0 heterocycles. The molecule has 0 radical (unpaired) electrons. The van der Waals surface area contributed by atoms with Crippen molar-refractivity contribution in [1.29, 1.82) is 0 Å². The van der Waals surface area contributed by atoms with Gasteiger partial charge < -0.3 is 4.90 Å². The number of rotatable bonds is 6. The van der Waals surface area contributed by atoms with Gasteiger partial charge in [-0.1, -0.05) is 38.9 Å². The SMILES string of the molecule is CCCCN(CCCC)C(=S)S.[KH]. The van der Waals surface area contributed by atoms with E-state index in [1.54, 1.807) is 0 Å². The van der Waals surface area contributed by atoms with Gasteiger partial charge in [0.25, 0.3) is 0 Å². The molecule has 0 N–H and O–H groups in total. The molecule has 0 rings (SSSR count). The summed E-state index contributed by atoms with van der Waals surface area (Å²) in [6.07, 6.45) is 4.87. The van der Waals surface area contributed by atoms with Crippen LogP contribution in [0.3, 0.4) is 0 Å². The van der Waals surface area contributed by atoms with E-state index in [1.165, 1.54) is 25.7 Å². The first-order chi connectivity index (χ1) is 5.72. The van der Waals surface area contributed by atoms with Crippen molar-refractivity contribution in [2.24, 2.45) is 0 Å². The van der Waals surface area contributed by atoms with Gasteiger partial charge in [-0.25, -0.2) is 0 Å². The topological polar surface area (TPSA) is 3.24 Å². The molecule has 0 saturated carbocycles. The fourth-order valence-electron chi connectivity index (χ4n) is 1.00. The van der Waals surface area contributed by atoms with Crippen LogP contribution in [0.4, 0.5) is 0 Å². The Morgan fingerprint density at radius 3 is 1.77 bits per heavy atom. The molecule has 0 aromatic rings. The zero-order valence-corrected chi connectivity index (χ0v) is 9.76. The molecule has 0 aromatic heterocycles. The van der Waals surface area contributed by atoms with Crippen molar-refractivity contribution >= 4 is 80.6 Å². The monoisotopic (exact) mass is 245 g/mol. The third kappa shape index (κ3) is 10.2. The molecular weight excluding hydrogens is 225 g/mol. The standard InChI is InChI=1S/C9H19NS2.K.H/c1-3-5-7-10(9(11)12)8-6-4-2;;/h3-8H2,1-2H3,(H,11,12);;. The first-order valence-electron chi connectivity index (χ1n) is 4.70. The van der Waals surface area contributed by atoms with Crippen LogP contribution in [-0.4, -0.2) is 73.7 Å². The van der Waals surface area contributed by atoms with Gasteiger partial charge in [-0.2, -0.15) is 0 Å². The van der Waals surface area contributed by atoms with E-state index in [9.17, 15) is 0 Å². The summed E-state index contributed by atoms with van der Waals surface area (Å²) in [5, 5.41) is 0. The van der Waals surface area contributed by atoms with Crippen LogP contribution in [0.15, 0.2) is 0 Å². The summed E-state index contributed by atoms with van der Waals surface area (Å²) >= 11 is 9.23. The summed E-state index contributed by atoms with van der Waals surface area (Å²) in [6.45, 7) is 6.52. The van der Waals surface area contributed by atoms with Crippen LogP contribution in [-0.2, 0) is 0 Å². The second-order valence-electron chi connectivity index (χ2n) is 2.98. The summed E-state index contributed by atoms with van der Waals surface area (Å²) in [4.78, 5) is 2.19. The van der Waals surface area contributed by atoms with Gasteiger partial charge >= 0.3 is 51.4 Å². The zero-order valence-electron chi connectivity index (χ0n) is 8.05. The molecule has 0 spiro atoms. The Morgan fingerprint density at radius 1 is 1.15 bits per heavy atom. The summed E-state index contributed by atoms with van der Waals surface area (Å²) in [7, 11) is 0. The van der Waals surface area contributed by atoms with E-state index in [0.29, 0.717) is 0 Å². The third-order valence-electron chi connectivity index (χ3n) is 1.83. The number of thiocarbonyl (C=S) groups is 1. The van der Waals surface area contributed by atoms with E-state index >= 15 is 0 Å². The maximum atomic E-state index is 5.03. The molecule has 0 bridgehead atoms. The Bertz CT molecular complexity index is 123. The summed E-state index contributed by atoms with van der Waals surface area (Å²) in [5.74, 6) is 0. The average molecular weight is 245 g/mol. The fourth-order valence-corrected chi connectivity index (χ4v) is 1.38. The van der Waals surface area contributed by atoms with Crippen molar-refractivity contribution in [2.45, 2.75) is 39.5 Å². The van der Waals surface area contributed by atoms with Crippen LogP contribution in [0.2, 0.25) is 0 Å². The minimum absolute atomic E-state index is 0. The van der Waals surface area contributed by atoms with Crippen molar-refractivity contribution in [2.75, 3.05) is 13.1 Å². The number of hydrogen-bond donors (Lipinski definition) is 1. The molecule has 0 saturated heterocycles. The second-order valence-corrected chi connectivity index (χ2v) is 4.09. The van der Waals surface area contributed by atoms with Gasteiger partial charge in [0.15, 0.2) is 0 Å². The molecule has 0 amide bonds. The van der Waals surface area contributed by atoms with Gasteiger partial charge in [0.2, 0.25) is 0 Å².